The maximum atomic E-state index is 12.6. The standard InChI is InChI=1S/C15H15ClN2O3S/c16-12-7-6-11(17)9-13(12)18-22(19,20)14-5-1-3-10-4-2-8-21-15(10)14/h1,3,5-7,9,18H,2,4,8,17H2. The smallest absolute Gasteiger partial charge is 0.265 e. The molecule has 3 N–H and O–H groups in total. The van der Waals surface area contributed by atoms with Crippen LogP contribution in [0.15, 0.2) is 41.3 Å². The molecule has 1 aliphatic rings. The third kappa shape index (κ3) is 2.84. The number of nitrogens with two attached hydrogens (primary N) is 1. The summed E-state index contributed by atoms with van der Waals surface area (Å²) in [7, 11) is -3.81. The van der Waals surface area contributed by atoms with Crippen LogP contribution in [-0.4, -0.2) is 15.0 Å². The van der Waals surface area contributed by atoms with E-state index in [1.807, 2.05) is 6.07 Å². The van der Waals surface area contributed by atoms with Crippen LogP contribution in [0.3, 0.4) is 0 Å². The fourth-order valence-corrected chi connectivity index (χ4v) is 3.87. The van der Waals surface area contributed by atoms with Crippen molar-refractivity contribution in [2.24, 2.45) is 0 Å². The number of sulfonamides is 1. The molecule has 5 nitrogen and oxygen atoms in total. The average Bonchev–Trinajstić information content (AvgIpc) is 2.50. The second-order valence-electron chi connectivity index (χ2n) is 5.04. The number of ether oxygens (including phenoxy) is 1. The molecular formula is C15H15ClN2O3S. The third-order valence-electron chi connectivity index (χ3n) is 3.42. The Balaban J connectivity index is 2.02. The van der Waals surface area contributed by atoms with Crippen LogP contribution < -0.4 is 15.2 Å². The number of hydrogen-bond donors (Lipinski definition) is 2. The minimum atomic E-state index is -3.81. The normalized spacial score (nSPS) is 14.0. The van der Waals surface area contributed by atoms with E-state index < -0.39 is 10.0 Å². The SMILES string of the molecule is Nc1ccc(Cl)c(NS(=O)(=O)c2cccc3c2OCCC3)c1. The van der Waals surface area contributed by atoms with Crippen LogP contribution in [0.2, 0.25) is 5.02 Å². The van der Waals surface area contributed by atoms with Crippen molar-refractivity contribution in [3.8, 4) is 5.75 Å². The molecule has 7 heteroatoms. The van der Waals surface area contributed by atoms with Crippen molar-refractivity contribution in [1.29, 1.82) is 0 Å². The average molecular weight is 339 g/mol. The lowest BCUT2D eigenvalue weighted by Crippen LogP contribution is -2.18. The molecule has 2 aromatic rings. The van der Waals surface area contributed by atoms with Crippen LogP contribution in [0.5, 0.6) is 5.75 Å². The van der Waals surface area contributed by atoms with E-state index >= 15 is 0 Å². The molecule has 0 saturated carbocycles. The number of aryl methyl sites for hydroxylation is 1. The Labute approximate surface area is 134 Å². The highest BCUT2D eigenvalue weighted by atomic mass is 35.5. The van der Waals surface area contributed by atoms with Crippen molar-refractivity contribution in [3.05, 3.63) is 47.0 Å². The van der Waals surface area contributed by atoms with E-state index in [4.69, 9.17) is 22.1 Å². The summed E-state index contributed by atoms with van der Waals surface area (Å²) < 4.78 is 33.3. The molecule has 116 valence electrons. The molecule has 0 unspecified atom stereocenters. The van der Waals surface area contributed by atoms with Gasteiger partial charge in [0.05, 0.1) is 17.3 Å². The fourth-order valence-electron chi connectivity index (χ4n) is 2.39. The summed E-state index contributed by atoms with van der Waals surface area (Å²) in [6.07, 6.45) is 1.68. The van der Waals surface area contributed by atoms with Gasteiger partial charge in [0.25, 0.3) is 10.0 Å². The van der Waals surface area contributed by atoms with Gasteiger partial charge in [-0.05, 0) is 42.7 Å². The van der Waals surface area contributed by atoms with Gasteiger partial charge in [-0.25, -0.2) is 8.42 Å². The first kappa shape index (κ1) is 15.0. The first-order valence-corrected chi connectivity index (χ1v) is 8.66. The molecule has 0 saturated heterocycles. The van der Waals surface area contributed by atoms with Gasteiger partial charge < -0.3 is 10.5 Å². The molecule has 0 amide bonds. The van der Waals surface area contributed by atoms with E-state index in [1.54, 1.807) is 18.2 Å². The van der Waals surface area contributed by atoms with Crippen molar-refractivity contribution in [2.75, 3.05) is 17.1 Å². The highest BCUT2D eigenvalue weighted by Crippen LogP contribution is 2.34. The Kier molecular flexibility index (Phi) is 3.88. The number of nitrogen functional groups attached to an aromatic ring is 1. The molecule has 0 atom stereocenters. The van der Waals surface area contributed by atoms with E-state index in [2.05, 4.69) is 4.72 Å². The van der Waals surface area contributed by atoms with Crippen LogP contribution in [0, 0.1) is 0 Å². The Bertz CT molecular complexity index is 822. The molecule has 0 radical (unpaired) electrons. The third-order valence-corrected chi connectivity index (χ3v) is 5.14. The topological polar surface area (TPSA) is 81.4 Å². The number of halogens is 1. The minimum Gasteiger partial charge on any atom is -0.492 e. The van der Waals surface area contributed by atoms with Crippen molar-refractivity contribution < 1.29 is 13.2 Å². The zero-order chi connectivity index (χ0) is 15.7. The predicted octanol–water partition coefficient (Wildman–Crippen LogP) is 3.05. The maximum Gasteiger partial charge on any atom is 0.265 e. The molecule has 0 spiro atoms. The number of nitrogens with one attached hydrogen (secondary N) is 1. The first-order valence-electron chi connectivity index (χ1n) is 6.80. The number of benzene rings is 2. The van der Waals surface area contributed by atoms with Crippen LogP contribution in [-0.2, 0) is 16.4 Å². The number of para-hydroxylation sites is 1. The minimum absolute atomic E-state index is 0.114. The van der Waals surface area contributed by atoms with Crippen LogP contribution in [0.1, 0.15) is 12.0 Å². The van der Waals surface area contributed by atoms with Gasteiger partial charge in [0.15, 0.2) is 0 Å². The van der Waals surface area contributed by atoms with Crippen molar-refractivity contribution in [1.82, 2.24) is 0 Å². The largest absolute Gasteiger partial charge is 0.492 e. The number of hydrogen-bond acceptors (Lipinski definition) is 4. The van der Waals surface area contributed by atoms with Crippen LogP contribution in [0.25, 0.3) is 0 Å². The molecule has 3 rings (SSSR count). The second kappa shape index (κ2) is 5.70. The van der Waals surface area contributed by atoms with Crippen molar-refractivity contribution >= 4 is 33.0 Å². The van der Waals surface area contributed by atoms with Gasteiger partial charge in [0.2, 0.25) is 0 Å². The molecule has 2 aromatic carbocycles. The van der Waals surface area contributed by atoms with Crippen molar-refractivity contribution in [3.63, 3.8) is 0 Å². The molecule has 0 fully saturated rings. The van der Waals surface area contributed by atoms with E-state index in [0.717, 1.165) is 18.4 Å². The van der Waals surface area contributed by atoms with E-state index in [-0.39, 0.29) is 15.6 Å². The lowest BCUT2D eigenvalue weighted by Gasteiger charge is -2.20. The van der Waals surface area contributed by atoms with E-state index in [9.17, 15) is 8.42 Å². The van der Waals surface area contributed by atoms with Gasteiger partial charge in [-0.3, -0.25) is 4.72 Å². The zero-order valence-corrected chi connectivity index (χ0v) is 13.2. The van der Waals surface area contributed by atoms with Crippen molar-refractivity contribution in [2.45, 2.75) is 17.7 Å². The van der Waals surface area contributed by atoms with Gasteiger partial charge in [0.1, 0.15) is 10.6 Å². The maximum absolute atomic E-state index is 12.6. The summed E-state index contributed by atoms with van der Waals surface area (Å²) in [5.74, 6) is 0.418. The molecule has 1 heterocycles. The highest BCUT2D eigenvalue weighted by Gasteiger charge is 2.24. The zero-order valence-electron chi connectivity index (χ0n) is 11.7. The summed E-state index contributed by atoms with van der Waals surface area (Å²) >= 11 is 6.02. The molecule has 0 bridgehead atoms. The van der Waals surface area contributed by atoms with Crippen LogP contribution in [0.4, 0.5) is 11.4 Å². The molecule has 22 heavy (non-hydrogen) atoms. The molecule has 0 aliphatic carbocycles. The van der Waals surface area contributed by atoms with Gasteiger partial charge >= 0.3 is 0 Å². The number of anilines is 2. The second-order valence-corrected chi connectivity index (χ2v) is 7.10. The monoisotopic (exact) mass is 338 g/mol. The first-order chi connectivity index (χ1) is 10.5. The molecular weight excluding hydrogens is 324 g/mol. The summed E-state index contributed by atoms with van der Waals surface area (Å²) in [5, 5.41) is 0.281. The van der Waals surface area contributed by atoms with Gasteiger partial charge in [-0.15, -0.1) is 0 Å². The summed E-state index contributed by atoms with van der Waals surface area (Å²) in [6.45, 7) is 0.512. The van der Waals surface area contributed by atoms with Gasteiger partial charge in [-0.1, -0.05) is 23.7 Å². The molecule has 1 aliphatic heterocycles. The van der Waals surface area contributed by atoms with E-state index in [0.29, 0.717) is 18.0 Å². The fraction of sp³-hybridized carbons (Fsp3) is 0.200. The highest BCUT2D eigenvalue weighted by molar-refractivity contribution is 7.92. The summed E-state index contributed by atoms with van der Waals surface area (Å²) in [4.78, 5) is 0.114. The lowest BCUT2D eigenvalue weighted by atomic mass is 10.1. The Hall–Kier alpha value is -1.92. The predicted molar refractivity (Wildman–Crippen MR) is 86.9 cm³/mol. The Morgan fingerprint density at radius 1 is 1.23 bits per heavy atom. The quantitative estimate of drug-likeness (QED) is 0.843. The van der Waals surface area contributed by atoms with E-state index in [1.165, 1.54) is 12.1 Å². The lowest BCUT2D eigenvalue weighted by molar-refractivity contribution is 0.280. The van der Waals surface area contributed by atoms with Gasteiger partial charge in [0, 0.05) is 5.69 Å². The number of rotatable bonds is 3. The summed E-state index contributed by atoms with van der Waals surface area (Å²) in [5.41, 5.74) is 7.24. The number of fused-ring (bicyclic) bond motifs is 1. The van der Waals surface area contributed by atoms with Crippen LogP contribution >= 0.6 is 11.6 Å². The molecule has 0 aromatic heterocycles. The van der Waals surface area contributed by atoms with Gasteiger partial charge in [-0.2, -0.15) is 0 Å². The Morgan fingerprint density at radius 2 is 2.05 bits per heavy atom. The summed E-state index contributed by atoms with van der Waals surface area (Å²) in [6, 6.07) is 9.74. The Morgan fingerprint density at radius 3 is 2.86 bits per heavy atom.